The summed E-state index contributed by atoms with van der Waals surface area (Å²) in [5.74, 6) is 0.179. The van der Waals surface area contributed by atoms with Crippen LogP contribution < -0.4 is 5.32 Å². The van der Waals surface area contributed by atoms with E-state index < -0.39 is 5.54 Å². The molecule has 3 aliphatic rings. The van der Waals surface area contributed by atoms with E-state index in [1.165, 1.54) is 16.2 Å². The van der Waals surface area contributed by atoms with Crippen molar-refractivity contribution in [3.05, 3.63) is 16.1 Å². The first-order valence-corrected chi connectivity index (χ1v) is 11.3. The van der Waals surface area contributed by atoms with Gasteiger partial charge in [-0.15, -0.1) is 11.3 Å². The van der Waals surface area contributed by atoms with Crippen LogP contribution in [0.4, 0.5) is 4.79 Å². The molecule has 0 bridgehead atoms. The molecule has 8 nitrogen and oxygen atoms in total. The third kappa shape index (κ3) is 3.90. The topological polar surface area (TPSA) is 85.9 Å². The van der Waals surface area contributed by atoms with Gasteiger partial charge >= 0.3 is 6.03 Å². The Morgan fingerprint density at radius 1 is 1.28 bits per heavy atom. The molecule has 9 heteroatoms. The van der Waals surface area contributed by atoms with Crippen LogP contribution in [-0.4, -0.2) is 75.9 Å². The highest BCUT2D eigenvalue weighted by Crippen LogP contribution is 2.38. The highest BCUT2D eigenvalue weighted by molar-refractivity contribution is 7.09. The van der Waals surface area contributed by atoms with E-state index in [1.54, 1.807) is 0 Å². The van der Waals surface area contributed by atoms with E-state index in [1.807, 2.05) is 17.2 Å². The molecule has 1 aromatic heterocycles. The first-order chi connectivity index (χ1) is 13.9. The van der Waals surface area contributed by atoms with E-state index >= 15 is 0 Å². The van der Waals surface area contributed by atoms with Crippen molar-refractivity contribution in [1.29, 1.82) is 0 Å². The fraction of sp³-hybridized carbons (Fsp3) is 0.700. The van der Waals surface area contributed by atoms with Gasteiger partial charge in [0.15, 0.2) is 0 Å². The molecule has 158 valence electrons. The number of piperazine rings is 1. The maximum atomic E-state index is 13.1. The second kappa shape index (κ2) is 8.02. The lowest BCUT2D eigenvalue weighted by Crippen LogP contribution is -2.55. The van der Waals surface area contributed by atoms with Gasteiger partial charge in [0.2, 0.25) is 5.91 Å². The predicted molar refractivity (Wildman–Crippen MR) is 109 cm³/mol. The van der Waals surface area contributed by atoms with Gasteiger partial charge in [0, 0.05) is 37.3 Å². The molecule has 4 rings (SSSR count). The summed E-state index contributed by atoms with van der Waals surface area (Å²) in [5.41, 5.74) is 0.236. The van der Waals surface area contributed by atoms with Crippen LogP contribution >= 0.6 is 11.3 Å². The van der Waals surface area contributed by atoms with Crippen LogP contribution in [0.1, 0.15) is 43.3 Å². The molecule has 2 saturated heterocycles. The Hall–Kier alpha value is -2.00. The fourth-order valence-electron chi connectivity index (χ4n) is 4.69. The summed E-state index contributed by atoms with van der Waals surface area (Å²) in [4.78, 5) is 47.8. The Balaban J connectivity index is 1.31. The van der Waals surface area contributed by atoms with E-state index in [0.717, 1.165) is 36.4 Å². The highest BCUT2D eigenvalue weighted by atomic mass is 32.1. The van der Waals surface area contributed by atoms with Crippen LogP contribution in [-0.2, 0) is 16.0 Å². The predicted octanol–water partition coefficient (Wildman–Crippen LogP) is 1.60. The average molecular weight is 420 g/mol. The number of nitrogens with zero attached hydrogens (tertiary/aromatic N) is 4. The Morgan fingerprint density at radius 3 is 2.69 bits per heavy atom. The second-order valence-electron chi connectivity index (χ2n) is 8.48. The smallest absolute Gasteiger partial charge is 0.326 e. The molecule has 0 aromatic carbocycles. The van der Waals surface area contributed by atoms with Gasteiger partial charge in [-0.05, 0) is 25.7 Å². The van der Waals surface area contributed by atoms with E-state index in [9.17, 15) is 14.4 Å². The molecule has 2 atom stereocenters. The SMILES string of the molecule is Cc1csc(CC(=O)N2CCN(CN3C(=O)N[C@]4(CCCC[C@H]4C)C3=O)CC2)n1. The molecule has 1 spiro atoms. The minimum atomic E-state index is -0.709. The number of aromatic nitrogens is 1. The zero-order valence-corrected chi connectivity index (χ0v) is 18.0. The van der Waals surface area contributed by atoms with Gasteiger partial charge in [-0.25, -0.2) is 14.7 Å². The van der Waals surface area contributed by atoms with Crippen LogP contribution in [0.15, 0.2) is 5.38 Å². The third-order valence-electron chi connectivity index (χ3n) is 6.54. The van der Waals surface area contributed by atoms with Crippen LogP contribution in [0, 0.1) is 12.8 Å². The molecule has 4 amide bonds. The number of hydrogen-bond donors (Lipinski definition) is 1. The van der Waals surface area contributed by atoms with Crippen molar-refractivity contribution in [1.82, 2.24) is 25.0 Å². The molecular weight excluding hydrogens is 390 g/mol. The fourth-order valence-corrected chi connectivity index (χ4v) is 5.45. The van der Waals surface area contributed by atoms with Crippen LogP contribution in [0.3, 0.4) is 0 Å². The van der Waals surface area contributed by atoms with Gasteiger partial charge in [0.1, 0.15) is 10.5 Å². The molecular formula is C20H29N5O3S. The van der Waals surface area contributed by atoms with Gasteiger partial charge in [0.25, 0.3) is 5.91 Å². The van der Waals surface area contributed by atoms with Gasteiger partial charge in [-0.1, -0.05) is 19.8 Å². The Labute approximate surface area is 175 Å². The molecule has 1 aliphatic carbocycles. The van der Waals surface area contributed by atoms with Crippen molar-refractivity contribution in [2.45, 2.75) is 51.5 Å². The summed E-state index contributed by atoms with van der Waals surface area (Å²) in [7, 11) is 0. The number of rotatable bonds is 4. The zero-order valence-electron chi connectivity index (χ0n) is 17.1. The minimum Gasteiger partial charge on any atom is -0.340 e. The van der Waals surface area contributed by atoms with E-state index in [0.29, 0.717) is 39.3 Å². The molecule has 1 saturated carbocycles. The number of carbonyl (C=O) groups excluding carboxylic acids is 3. The lowest BCUT2D eigenvalue weighted by atomic mass is 9.73. The van der Waals surface area contributed by atoms with Gasteiger partial charge in [-0.2, -0.15) is 0 Å². The number of aryl methyl sites for hydroxylation is 1. The monoisotopic (exact) mass is 419 g/mol. The number of thiazole rings is 1. The maximum Gasteiger partial charge on any atom is 0.326 e. The molecule has 29 heavy (non-hydrogen) atoms. The summed E-state index contributed by atoms with van der Waals surface area (Å²) in [6, 6.07) is -0.276. The van der Waals surface area contributed by atoms with Crippen LogP contribution in [0.25, 0.3) is 0 Å². The number of imide groups is 1. The Morgan fingerprint density at radius 2 is 2.03 bits per heavy atom. The molecule has 1 aromatic rings. The van der Waals surface area contributed by atoms with Crippen molar-refractivity contribution in [3.8, 4) is 0 Å². The summed E-state index contributed by atoms with van der Waals surface area (Å²) in [6.45, 7) is 6.81. The van der Waals surface area contributed by atoms with Crippen molar-refractivity contribution in [2.75, 3.05) is 32.8 Å². The molecule has 3 fully saturated rings. The van der Waals surface area contributed by atoms with Gasteiger partial charge in [0.05, 0.1) is 13.1 Å². The number of nitrogens with one attached hydrogen (secondary N) is 1. The highest BCUT2D eigenvalue weighted by Gasteiger charge is 2.55. The van der Waals surface area contributed by atoms with E-state index in [-0.39, 0.29) is 23.8 Å². The quantitative estimate of drug-likeness (QED) is 0.749. The van der Waals surface area contributed by atoms with Crippen molar-refractivity contribution in [3.63, 3.8) is 0 Å². The van der Waals surface area contributed by atoms with Gasteiger partial charge < -0.3 is 10.2 Å². The van der Waals surface area contributed by atoms with Crippen LogP contribution in [0.5, 0.6) is 0 Å². The maximum absolute atomic E-state index is 13.1. The summed E-state index contributed by atoms with van der Waals surface area (Å²) >= 11 is 1.52. The van der Waals surface area contributed by atoms with Gasteiger partial charge in [-0.3, -0.25) is 14.5 Å². The van der Waals surface area contributed by atoms with E-state index in [4.69, 9.17) is 0 Å². The van der Waals surface area contributed by atoms with Crippen molar-refractivity contribution < 1.29 is 14.4 Å². The average Bonchev–Trinajstić information content (AvgIpc) is 3.21. The number of urea groups is 1. The van der Waals surface area contributed by atoms with Crippen molar-refractivity contribution in [2.24, 2.45) is 5.92 Å². The molecule has 0 radical (unpaired) electrons. The lowest BCUT2D eigenvalue weighted by Gasteiger charge is -2.38. The molecule has 3 heterocycles. The number of hydrogen-bond acceptors (Lipinski definition) is 6. The Kier molecular flexibility index (Phi) is 5.61. The van der Waals surface area contributed by atoms with Crippen molar-refractivity contribution >= 4 is 29.2 Å². The minimum absolute atomic E-state index is 0.0765. The van der Waals surface area contributed by atoms with E-state index in [2.05, 4.69) is 22.1 Å². The second-order valence-corrected chi connectivity index (χ2v) is 9.42. The lowest BCUT2D eigenvalue weighted by molar-refractivity contribution is -0.137. The third-order valence-corrected chi connectivity index (χ3v) is 7.50. The summed E-state index contributed by atoms with van der Waals surface area (Å²) in [5, 5.41) is 5.81. The summed E-state index contributed by atoms with van der Waals surface area (Å²) in [6.07, 6.45) is 4.13. The molecule has 1 N–H and O–H groups in total. The molecule has 0 unspecified atom stereocenters. The number of carbonyl (C=O) groups is 3. The van der Waals surface area contributed by atoms with Crippen LogP contribution in [0.2, 0.25) is 0 Å². The number of amides is 4. The zero-order chi connectivity index (χ0) is 20.6. The largest absolute Gasteiger partial charge is 0.340 e. The standard InChI is InChI=1S/C20H29N5O3S/c1-14-5-3-4-6-20(14)18(27)25(19(28)22-20)13-23-7-9-24(10-8-23)17(26)11-16-21-15(2)12-29-16/h12,14H,3-11,13H2,1-2H3,(H,22,28)/t14-,20+/m1/s1. The first kappa shape index (κ1) is 20.3. The summed E-state index contributed by atoms with van der Waals surface area (Å²) < 4.78 is 0. The molecule has 2 aliphatic heterocycles. The normalized spacial score (nSPS) is 28.3. The first-order valence-electron chi connectivity index (χ1n) is 10.4. The Bertz CT molecular complexity index is 804.